The minimum atomic E-state index is -1.09. The van der Waals surface area contributed by atoms with E-state index < -0.39 is 17.5 Å². The Morgan fingerprint density at radius 1 is 1.33 bits per heavy atom. The number of aromatic nitrogens is 1. The van der Waals surface area contributed by atoms with Gasteiger partial charge in [-0.3, -0.25) is 9.59 Å². The third-order valence-electron chi connectivity index (χ3n) is 4.30. The van der Waals surface area contributed by atoms with Gasteiger partial charge >= 0.3 is 5.97 Å². The maximum Gasteiger partial charge on any atom is 0.303 e. The molecule has 24 heavy (non-hydrogen) atoms. The topological polar surface area (TPSA) is 77.5 Å². The van der Waals surface area contributed by atoms with Gasteiger partial charge in [0.2, 0.25) is 5.91 Å². The van der Waals surface area contributed by atoms with Gasteiger partial charge in [-0.25, -0.2) is 4.98 Å². The zero-order valence-corrected chi connectivity index (χ0v) is 14.4. The molecule has 2 aromatic rings. The average molecular weight is 346 g/mol. The maximum absolute atomic E-state index is 12.3. The van der Waals surface area contributed by atoms with Crippen molar-refractivity contribution in [1.29, 1.82) is 0 Å². The van der Waals surface area contributed by atoms with Crippen molar-refractivity contribution >= 4 is 23.2 Å². The van der Waals surface area contributed by atoms with E-state index in [9.17, 15) is 9.59 Å². The zero-order valence-electron chi connectivity index (χ0n) is 13.6. The van der Waals surface area contributed by atoms with Gasteiger partial charge in [0.05, 0.1) is 24.4 Å². The number of ether oxygens (including phenoxy) is 2. The fraction of sp³-hybridized carbons (Fsp3) is 0.353. The summed E-state index contributed by atoms with van der Waals surface area (Å²) in [4.78, 5) is 28.3. The van der Waals surface area contributed by atoms with Gasteiger partial charge in [0, 0.05) is 12.3 Å². The number of thiazole rings is 1. The Kier molecular flexibility index (Phi) is 4.28. The minimum Gasteiger partial charge on any atom is -0.497 e. The van der Waals surface area contributed by atoms with Crippen molar-refractivity contribution in [2.24, 2.45) is 5.92 Å². The molecular weight excluding hydrogens is 328 g/mol. The lowest BCUT2D eigenvalue weighted by Gasteiger charge is -2.46. The quantitative estimate of drug-likeness (QED) is 0.664. The van der Waals surface area contributed by atoms with Crippen LogP contribution in [0.1, 0.15) is 31.1 Å². The molecule has 0 spiro atoms. The number of nitrogens with one attached hydrogen (secondary N) is 1. The third-order valence-corrected chi connectivity index (χ3v) is 4.90. The number of amides is 1. The molecule has 0 radical (unpaired) electrons. The number of hydrogen-bond acceptors (Lipinski definition) is 6. The van der Waals surface area contributed by atoms with Crippen molar-refractivity contribution in [3.05, 3.63) is 46.4 Å². The molecule has 1 fully saturated rings. The molecule has 0 bridgehead atoms. The number of methoxy groups -OCH3 is 1. The second-order valence-corrected chi connectivity index (χ2v) is 6.53. The average Bonchev–Trinajstić information content (AvgIpc) is 3.05. The van der Waals surface area contributed by atoms with Crippen LogP contribution in [0, 0.1) is 5.92 Å². The lowest BCUT2D eigenvalue weighted by atomic mass is 9.72. The number of β-lactam (4-membered cyclic amide) rings is 1. The Morgan fingerprint density at radius 2 is 2.04 bits per heavy atom. The molecule has 126 valence electrons. The Hall–Kier alpha value is -2.41. The smallest absolute Gasteiger partial charge is 0.303 e. The molecule has 0 aliphatic carbocycles. The molecule has 3 rings (SSSR count). The number of esters is 1. The molecule has 0 unspecified atom stereocenters. The number of rotatable bonds is 5. The van der Waals surface area contributed by atoms with E-state index in [-0.39, 0.29) is 11.9 Å². The first-order valence-corrected chi connectivity index (χ1v) is 8.42. The van der Waals surface area contributed by atoms with Gasteiger partial charge in [0.25, 0.3) is 0 Å². The van der Waals surface area contributed by atoms with E-state index in [2.05, 4.69) is 10.3 Å². The van der Waals surface area contributed by atoms with E-state index in [0.717, 1.165) is 11.3 Å². The Morgan fingerprint density at radius 3 is 2.54 bits per heavy atom. The molecule has 7 heteroatoms. The standard InChI is InChI=1S/C17H18N2O4S/c1-10(20)23-17(2,11-4-6-12(22-3)7-5-11)14-15(19-16(14)21)13-8-24-9-18-13/h4-9,14-15H,1-3H3,(H,19,21)/t14-,15-,17-/m1/s1. The highest BCUT2D eigenvalue weighted by Crippen LogP contribution is 2.46. The minimum absolute atomic E-state index is 0.160. The Labute approximate surface area is 143 Å². The molecule has 2 heterocycles. The van der Waals surface area contributed by atoms with Crippen LogP contribution in [0.5, 0.6) is 5.75 Å². The highest BCUT2D eigenvalue weighted by atomic mass is 32.1. The van der Waals surface area contributed by atoms with Gasteiger partial charge in [-0.1, -0.05) is 12.1 Å². The summed E-state index contributed by atoms with van der Waals surface area (Å²) < 4.78 is 10.8. The van der Waals surface area contributed by atoms with Gasteiger partial charge in [-0.15, -0.1) is 11.3 Å². The molecular formula is C17H18N2O4S. The predicted molar refractivity (Wildman–Crippen MR) is 88.6 cm³/mol. The summed E-state index contributed by atoms with van der Waals surface area (Å²) in [6.45, 7) is 3.11. The van der Waals surface area contributed by atoms with E-state index >= 15 is 0 Å². The zero-order chi connectivity index (χ0) is 17.3. The fourth-order valence-corrected chi connectivity index (χ4v) is 3.68. The van der Waals surface area contributed by atoms with Crippen LogP contribution in [0.25, 0.3) is 0 Å². The summed E-state index contributed by atoms with van der Waals surface area (Å²) >= 11 is 1.46. The summed E-state index contributed by atoms with van der Waals surface area (Å²) in [6, 6.07) is 6.91. The van der Waals surface area contributed by atoms with Gasteiger partial charge in [-0.05, 0) is 24.6 Å². The predicted octanol–water partition coefficient (Wildman–Crippen LogP) is 2.42. The second-order valence-electron chi connectivity index (χ2n) is 5.81. The molecule has 6 nitrogen and oxygen atoms in total. The first-order valence-electron chi connectivity index (χ1n) is 7.48. The lowest BCUT2D eigenvalue weighted by Crippen LogP contribution is -2.60. The molecule has 3 atom stereocenters. The number of benzene rings is 1. The van der Waals surface area contributed by atoms with Gasteiger partial charge in [0.15, 0.2) is 0 Å². The summed E-state index contributed by atoms with van der Waals surface area (Å²) in [6.07, 6.45) is 0. The molecule has 1 aromatic carbocycles. The molecule has 1 aromatic heterocycles. The molecule has 0 saturated carbocycles. The van der Waals surface area contributed by atoms with E-state index in [1.54, 1.807) is 31.7 Å². The summed E-state index contributed by atoms with van der Waals surface area (Å²) in [7, 11) is 1.58. The van der Waals surface area contributed by atoms with Crippen LogP contribution in [0.3, 0.4) is 0 Å². The van der Waals surface area contributed by atoms with Crippen molar-refractivity contribution < 1.29 is 19.1 Å². The number of carbonyl (C=O) groups is 2. The van der Waals surface area contributed by atoms with Crippen molar-refractivity contribution in [3.63, 3.8) is 0 Å². The largest absolute Gasteiger partial charge is 0.497 e. The molecule has 1 N–H and O–H groups in total. The van der Waals surface area contributed by atoms with E-state index in [1.807, 2.05) is 17.5 Å². The second kappa shape index (κ2) is 6.24. The highest BCUT2D eigenvalue weighted by Gasteiger charge is 2.55. The van der Waals surface area contributed by atoms with Crippen LogP contribution >= 0.6 is 11.3 Å². The van der Waals surface area contributed by atoms with Gasteiger partial charge < -0.3 is 14.8 Å². The normalized spacial score (nSPS) is 22.0. The van der Waals surface area contributed by atoms with E-state index in [0.29, 0.717) is 5.75 Å². The highest BCUT2D eigenvalue weighted by molar-refractivity contribution is 7.07. The first kappa shape index (κ1) is 16.4. The monoisotopic (exact) mass is 346 g/mol. The molecule has 1 aliphatic heterocycles. The van der Waals surface area contributed by atoms with Crippen molar-refractivity contribution in [2.75, 3.05) is 7.11 Å². The summed E-state index contributed by atoms with van der Waals surface area (Å²) in [5.74, 6) is -0.451. The molecule has 1 amide bonds. The third kappa shape index (κ3) is 2.75. The summed E-state index contributed by atoms with van der Waals surface area (Å²) in [5, 5.41) is 4.74. The maximum atomic E-state index is 12.3. The number of carbonyl (C=O) groups excluding carboxylic acids is 2. The van der Waals surface area contributed by atoms with Crippen molar-refractivity contribution in [1.82, 2.24) is 10.3 Å². The van der Waals surface area contributed by atoms with Crippen LogP contribution in [0.4, 0.5) is 0 Å². The first-order chi connectivity index (χ1) is 11.5. The SMILES string of the molecule is COc1ccc([C@@](C)(OC(C)=O)[C@H]2C(=O)N[C@@H]2c2cscn2)cc1. The summed E-state index contributed by atoms with van der Waals surface area (Å²) in [5.41, 5.74) is 2.14. The van der Waals surface area contributed by atoms with E-state index in [4.69, 9.17) is 9.47 Å². The lowest BCUT2D eigenvalue weighted by molar-refractivity contribution is -0.175. The van der Waals surface area contributed by atoms with Crippen LogP contribution < -0.4 is 10.1 Å². The molecule has 1 aliphatic rings. The van der Waals surface area contributed by atoms with Gasteiger partial charge in [-0.2, -0.15) is 0 Å². The fourth-order valence-electron chi connectivity index (χ4n) is 3.09. The van der Waals surface area contributed by atoms with Crippen LogP contribution in [0.15, 0.2) is 35.2 Å². The van der Waals surface area contributed by atoms with Crippen LogP contribution in [0.2, 0.25) is 0 Å². The number of nitrogens with zero attached hydrogens (tertiary/aromatic N) is 1. The Balaban J connectivity index is 2.00. The Bertz CT molecular complexity index is 744. The number of hydrogen-bond donors (Lipinski definition) is 1. The van der Waals surface area contributed by atoms with E-state index in [1.165, 1.54) is 18.3 Å². The van der Waals surface area contributed by atoms with Crippen LogP contribution in [-0.4, -0.2) is 24.0 Å². The van der Waals surface area contributed by atoms with Crippen molar-refractivity contribution in [3.8, 4) is 5.75 Å². The van der Waals surface area contributed by atoms with Crippen molar-refractivity contribution in [2.45, 2.75) is 25.5 Å². The van der Waals surface area contributed by atoms with Gasteiger partial charge in [0.1, 0.15) is 17.3 Å². The van der Waals surface area contributed by atoms with Crippen LogP contribution in [-0.2, 0) is 19.9 Å². The molecule has 1 saturated heterocycles.